The Morgan fingerprint density at radius 1 is 1.83 bits per heavy atom. The molecule has 5 heteroatoms. The quantitative estimate of drug-likeness (QED) is 0.415. The molecule has 0 radical (unpaired) electrons. The summed E-state index contributed by atoms with van der Waals surface area (Å²) < 4.78 is 20.9. The van der Waals surface area contributed by atoms with Crippen molar-refractivity contribution in [2.45, 2.75) is 0 Å². The van der Waals surface area contributed by atoms with Gasteiger partial charge in [-0.2, -0.15) is 4.20 Å². The minimum atomic E-state index is -3.91. The number of hydrogen-bond donors (Lipinski definition) is 0. The van der Waals surface area contributed by atoms with Crippen molar-refractivity contribution in [3.05, 3.63) is 0 Å². The van der Waals surface area contributed by atoms with Gasteiger partial charge in [0.2, 0.25) is 0 Å². The first-order valence-corrected chi connectivity index (χ1v) is 4.33. The Kier molecular flexibility index (Phi) is 2.42. The van der Waals surface area contributed by atoms with Gasteiger partial charge in [-0.25, -0.2) is 0 Å². The van der Waals surface area contributed by atoms with Gasteiger partial charge in [-0.3, -0.25) is 4.57 Å². The standard InChI is InChI=1S/CH2Cl2FOP/c2-1-6(3,4)5/h1H2. The van der Waals surface area contributed by atoms with E-state index < -0.39 is 12.4 Å². The fraction of sp³-hybridized carbons (Fsp3) is 1.00. The Morgan fingerprint density at radius 3 is 2.00 bits per heavy atom. The Labute approximate surface area is 44.7 Å². The van der Waals surface area contributed by atoms with Crippen LogP contribution in [0.25, 0.3) is 0 Å². The second kappa shape index (κ2) is 2.15. The second-order valence-corrected chi connectivity index (χ2v) is 4.30. The molecule has 38 valence electrons. The molecule has 0 rings (SSSR count). The summed E-state index contributed by atoms with van der Waals surface area (Å²) >= 11 is 9.18. The number of halogens is 3. The lowest BCUT2D eigenvalue weighted by Gasteiger charge is -1.84. The maximum atomic E-state index is 11.3. The molecular weight excluding hydrogens is 149 g/mol. The van der Waals surface area contributed by atoms with E-state index in [-0.39, 0.29) is 0 Å². The van der Waals surface area contributed by atoms with Crippen LogP contribution in [0.3, 0.4) is 0 Å². The summed E-state index contributed by atoms with van der Waals surface area (Å²) in [6.07, 6.45) is 0. The van der Waals surface area contributed by atoms with E-state index in [0.717, 1.165) is 0 Å². The molecule has 0 aliphatic heterocycles. The first-order valence-electron chi connectivity index (χ1n) is 1.10. The van der Waals surface area contributed by atoms with Gasteiger partial charge in [0.05, 0.1) is 0 Å². The average Bonchev–Trinajstić information content (AvgIpc) is 1.35. The van der Waals surface area contributed by atoms with Crippen molar-refractivity contribution in [1.29, 1.82) is 0 Å². The van der Waals surface area contributed by atoms with Crippen molar-refractivity contribution in [2.24, 2.45) is 0 Å². The van der Waals surface area contributed by atoms with Crippen LogP contribution < -0.4 is 0 Å². The Bertz CT molecular complexity index is 77.6. The topological polar surface area (TPSA) is 17.1 Å². The summed E-state index contributed by atoms with van der Waals surface area (Å²) in [6, 6.07) is 0. The normalized spacial score (nSPS) is 19.8. The molecule has 1 unspecified atom stereocenters. The minimum Gasteiger partial charge on any atom is -0.269 e. The van der Waals surface area contributed by atoms with Gasteiger partial charge in [-0.15, -0.1) is 11.6 Å². The van der Waals surface area contributed by atoms with Gasteiger partial charge < -0.3 is 0 Å². The summed E-state index contributed by atoms with van der Waals surface area (Å²) in [7, 11) is 0. The molecule has 0 bridgehead atoms. The number of rotatable bonds is 1. The molecule has 6 heavy (non-hydrogen) atoms. The van der Waals surface area contributed by atoms with E-state index in [2.05, 4.69) is 11.2 Å². The Balaban J connectivity index is 3.48. The van der Waals surface area contributed by atoms with Crippen molar-refractivity contribution in [1.82, 2.24) is 0 Å². The van der Waals surface area contributed by atoms with Crippen molar-refractivity contribution < 1.29 is 8.76 Å². The summed E-state index contributed by atoms with van der Waals surface area (Å²) in [5, 5.41) is 0. The second-order valence-electron chi connectivity index (χ2n) is 0.690. The molecule has 0 aromatic heterocycles. The molecular formula is CH2Cl2FOP. The van der Waals surface area contributed by atoms with E-state index in [0.29, 0.717) is 0 Å². The predicted octanol–water partition coefficient (Wildman–Crippen LogP) is 2.58. The fourth-order valence-corrected chi connectivity index (χ4v) is 0. The van der Waals surface area contributed by atoms with Crippen molar-refractivity contribution in [3.8, 4) is 0 Å². The maximum Gasteiger partial charge on any atom is 0.341 e. The van der Waals surface area contributed by atoms with Crippen molar-refractivity contribution in [2.75, 3.05) is 5.62 Å². The van der Waals surface area contributed by atoms with Crippen LogP contribution in [0.1, 0.15) is 0 Å². The summed E-state index contributed by atoms with van der Waals surface area (Å²) in [5.41, 5.74) is -0.603. The fourth-order valence-electron chi connectivity index (χ4n) is 0. The van der Waals surface area contributed by atoms with E-state index in [1.165, 1.54) is 0 Å². The van der Waals surface area contributed by atoms with Crippen LogP contribution in [0.15, 0.2) is 0 Å². The van der Waals surface area contributed by atoms with Crippen LogP contribution in [-0.4, -0.2) is 5.62 Å². The van der Waals surface area contributed by atoms with Gasteiger partial charge in [0.1, 0.15) is 5.62 Å². The third kappa shape index (κ3) is 4.74. The highest BCUT2D eigenvalue weighted by molar-refractivity contribution is 7.86. The van der Waals surface area contributed by atoms with Crippen LogP contribution >= 0.6 is 29.6 Å². The SMILES string of the molecule is O=P(F)(Cl)CCl. The van der Waals surface area contributed by atoms with E-state index in [4.69, 9.17) is 11.6 Å². The largest absolute Gasteiger partial charge is 0.341 e. The maximum absolute atomic E-state index is 11.3. The zero-order valence-corrected chi connectivity index (χ0v) is 5.10. The molecule has 0 heterocycles. The number of hydrogen-bond acceptors (Lipinski definition) is 1. The van der Waals surface area contributed by atoms with E-state index >= 15 is 0 Å². The van der Waals surface area contributed by atoms with E-state index in [1.54, 1.807) is 0 Å². The third-order valence-electron chi connectivity index (χ3n) is 0.139. The molecule has 0 aliphatic carbocycles. The van der Waals surface area contributed by atoms with Crippen LogP contribution in [0.2, 0.25) is 0 Å². The summed E-state index contributed by atoms with van der Waals surface area (Å²) in [6.45, 7) is -3.91. The highest BCUT2D eigenvalue weighted by Crippen LogP contribution is 2.53. The Morgan fingerprint density at radius 2 is 2.00 bits per heavy atom. The zero-order chi connectivity index (χ0) is 5.21. The lowest BCUT2D eigenvalue weighted by Crippen LogP contribution is -1.55. The molecule has 0 saturated carbocycles. The van der Waals surface area contributed by atoms with Gasteiger partial charge >= 0.3 is 6.81 Å². The van der Waals surface area contributed by atoms with Crippen LogP contribution in [-0.2, 0) is 4.57 Å². The van der Waals surface area contributed by atoms with Crippen LogP contribution in [0.5, 0.6) is 0 Å². The highest BCUT2D eigenvalue weighted by Gasteiger charge is 2.11. The van der Waals surface area contributed by atoms with Crippen molar-refractivity contribution >= 4 is 29.6 Å². The molecule has 1 nitrogen and oxygen atoms in total. The molecule has 0 aromatic carbocycles. The summed E-state index contributed by atoms with van der Waals surface area (Å²) in [4.78, 5) is 0. The minimum absolute atomic E-state index is 0.603. The van der Waals surface area contributed by atoms with Crippen molar-refractivity contribution in [3.63, 3.8) is 0 Å². The van der Waals surface area contributed by atoms with E-state index in [1.807, 2.05) is 0 Å². The highest BCUT2D eigenvalue weighted by atomic mass is 35.7. The molecule has 0 aromatic rings. The Hall–Kier alpha value is 0.740. The van der Waals surface area contributed by atoms with E-state index in [9.17, 15) is 8.76 Å². The smallest absolute Gasteiger partial charge is 0.269 e. The van der Waals surface area contributed by atoms with Crippen LogP contribution in [0.4, 0.5) is 4.20 Å². The van der Waals surface area contributed by atoms with Gasteiger partial charge in [-0.05, 0) is 11.2 Å². The third-order valence-corrected chi connectivity index (χ3v) is 2.07. The molecule has 0 N–H and O–H groups in total. The van der Waals surface area contributed by atoms with Gasteiger partial charge in [-0.1, -0.05) is 0 Å². The molecule has 0 amide bonds. The average molecular weight is 151 g/mol. The molecule has 0 saturated heterocycles. The first kappa shape index (κ1) is 6.74. The first-order chi connectivity index (χ1) is 2.56. The number of alkyl halides is 1. The van der Waals surface area contributed by atoms with Gasteiger partial charge in [0.15, 0.2) is 0 Å². The lowest BCUT2D eigenvalue weighted by atomic mass is 11.9. The van der Waals surface area contributed by atoms with Gasteiger partial charge in [0, 0.05) is 0 Å². The zero-order valence-electron chi connectivity index (χ0n) is 2.70. The molecule has 0 aliphatic rings. The lowest BCUT2D eigenvalue weighted by molar-refractivity contribution is 0.558. The molecule has 0 spiro atoms. The monoisotopic (exact) mass is 150 g/mol. The summed E-state index contributed by atoms with van der Waals surface area (Å²) in [5.74, 6) is 0. The van der Waals surface area contributed by atoms with Gasteiger partial charge in [0.25, 0.3) is 0 Å². The molecule has 0 fully saturated rings. The van der Waals surface area contributed by atoms with Crippen LogP contribution in [0, 0.1) is 0 Å². The molecule has 1 atom stereocenters. The predicted molar refractivity (Wildman–Crippen MR) is 25.3 cm³/mol.